The van der Waals surface area contributed by atoms with Crippen LogP contribution in [0.25, 0.3) is 0 Å². The quantitative estimate of drug-likeness (QED) is 0.558. The SMILES string of the molecule is CCCCC(CC)C(c1ccc(OC)cc1)c1ccc(OC)cc1. The zero-order valence-electron chi connectivity index (χ0n) is 15.4. The molecule has 0 N–H and O–H groups in total. The molecule has 2 aromatic rings. The molecule has 0 aliphatic carbocycles. The van der Waals surface area contributed by atoms with Crippen molar-refractivity contribution in [3.8, 4) is 11.5 Å². The third-order valence-electron chi connectivity index (χ3n) is 4.87. The van der Waals surface area contributed by atoms with Gasteiger partial charge in [-0.1, -0.05) is 57.4 Å². The molecule has 0 saturated heterocycles. The van der Waals surface area contributed by atoms with Crippen LogP contribution in [0.4, 0.5) is 0 Å². The van der Waals surface area contributed by atoms with E-state index >= 15 is 0 Å². The lowest BCUT2D eigenvalue weighted by Gasteiger charge is -2.28. The number of hydrogen-bond donors (Lipinski definition) is 0. The van der Waals surface area contributed by atoms with Gasteiger partial charge in [0.15, 0.2) is 0 Å². The van der Waals surface area contributed by atoms with Crippen molar-refractivity contribution in [1.29, 1.82) is 0 Å². The van der Waals surface area contributed by atoms with E-state index in [2.05, 4.69) is 62.4 Å². The molecule has 0 aliphatic rings. The maximum absolute atomic E-state index is 5.32. The monoisotopic (exact) mass is 326 g/mol. The molecule has 0 amide bonds. The number of benzene rings is 2. The van der Waals surface area contributed by atoms with Gasteiger partial charge in [-0.3, -0.25) is 0 Å². The molecule has 0 bridgehead atoms. The number of rotatable bonds is 9. The highest BCUT2D eigenvalue weighted by molar-refractivity contribution is 5.39. The van der Waals surface area contributed by atoms with E-state index in [9.17, 15) is 0 Å². The Morgan fingerprint density at radius 3 is 1.54 bits per heavy atom. The van der Waals surface area contributed by atoms with Crippen LogP contribution in [-0.2, 0) is 0 Å². The first-order chi connectivity index (χ1) is 11.7. The zero-order valence-corrected chi connectivity index (χ0v) is 15.4. The van der Waals surface area contributed by atoms with Crippen molar-refractivity contribution >= 4 is 0 Å². The first-order valence-corrected chi connectivity index (χ1v) is 9.01. The van der Waals surface area contributed by atoms with Crippen LogP contribution in [0.2, 0.25) is 0 Å². The normalized spacial score (nSPS) is 12.2. The number of ether oxygens (including phenoxy) is 2. The van der Waals surface area contributed by atoms with E-state index in [-0.39, 0.29) is 0 Å². The van der Waals surface area contributed by atoms with Gasteiger partial charge in [-0.2, -0.15) is 0 Å². The fourth-order valence-electron chi connectivity index (χ4n) is 3.43. The zero-order chi connectivity index (χ0) is 17.4. The third-order valence-corrected chi connectivity index (χ3v) is 4.87. The van der Waals surface area contributed by atoms with Crippen molar-refractivity contribution in [2.75, 3.05) is 14.2 Å². The lowest BCUT2D eigenvalue weighted by atomic mass is 9.77. The van der Waals surface area contributed by atoms with Gasteiger partial charge in [0.05, 0.1) is 14.2 Å². The Morgan fingerprint density at radius 2 is 1.21 bits per heavy atom. The molecule has 2 heteroatoms. The Bertz CT molecular complexity index is 539. The molecule has 2 aromatic carbocycles. The van der Waals surface area contributed by atoms with Gasteiger partial charge in [0.1, 0.15) is 11.5 Å². The van der Waals surface area contributed by atoms with Gasteiger partial charge in [-0.15, -0.1) is 0 Å². The summed E-state index contributed by atoms with van der Waals surface area (Å²) in [7, 11) is 3.43. The highest BCUT2D eigenvalue weighted by Crippen LogP contribution is 2.38. The van der Waals surface area contributed by atoms with E-state index in [1.807, 2.05) is 0 Å². The smallest absolute Gasteiger partial charge is 0.118 e. The molecule has 0 fully saturated rings. The predicted molar refractivity (Wildman–Crippen MR) is 101 cm³/mol. The van der Waals surface area contributed by atoms with E-state index in [1.165, 1.54) is 36.8 Å². The minimum absolute atomic E-state index is 0.415. The van der Waals surface area contributed by atoms with Crippen LogP contribution >= 0.6 is 0 Å². The Hall–Kier alpha value is -1.96. The van der Waals surface area contributed by atoms with Gasteiger partial charge in [0.25, 0.3) is 0 Å². The molecule has 2 rings (SSSR count). The number of unbranched alkanes of at least 4 members (excludes halogenated alkanes) is 1. The summed E-state index contributed by atoms with van der Waals surface area (Å²) in [5, 5.41) is 0. The van der Waals surface area contributed by atoms with Crippen LogP contribution in [0.3, 0.4) is 0 Å². The van der Waals surface area contributed by atoms with Gasteiger partial charge < -0.3 is 9.47 Å². The van der Waals surface area contributed by atoms with E-state index in [1.54, 1.807) is 14.2 Å². The first kappa shape index (κ1) is 18.4. The van der Waals surface area contributed by atoms with Gasteiger partial charge in [-0.05, 0) is 47.7 Å². The molecule has 0 aliphatic heterocycles. The van der Waals surface area contributed by atoms with Gasteiger partial charge >= 0.3 is 0 Å². The lowest BCUT2D eigenvalue weighted by Crippen LogP contribution is -2.14. The molecular weight excluding hydrogens is 296 g/mol. The summed E-state index contributed by atoms with van der Waals surface area (Å²) in [6.45, 7) is 4.57. The van der Waals surface area contributed by atoms with Gasteiger partial charge in [-0.25, -0.2) is 0 Å². The van der Waals surface area contributed by atoms with Crippen molar-refractivity contribution in [1.82, 2.24) is 0 Å². The van der Waals surface area contributed by atoms with Crippen molar-refractivity contribution in [2.24, 2.45) is 5.92 Å². The Labute approximate surface area is 146 Å². The lowest BCUT2D eigenvalue weighted by molar-refractivity contribution is 0.400. The summed E-state index contributed by atoms with van der Waals surface area (Å²) in [4.78, 5) is 0. The Kier molecular flexibility index (Phi) is 7.17. The predicted octanol–water partition coefficient (Wildman–Crippen LogP) is 6.05. The summed E-state index contributed by atoms with van der Waals surface area (Å²) in [6, 6.07) is 17.1. The molecule has 130 valence electrons. The van der Waals surface area contributed by atoms with Crippen LogP contribution in [0.5, 0.6) is 11.5 Å². The molecule has 1 atom stereocenters. The van der Waals surface area contributed by atoms with E-state index < -0.39 is 0 Å². The fourth-order valence-corrected chi connectivity index (χ4v) is 3.43. The third kappa shape index (κ3) is 4.53. The van der Waals surface area contributed by atoms with E-state index in [0.717, 1.165) is 11.5 Å². The molecule has 0 radical (unpaired) electrons. The second-order valence-electron chi connectivity index (χ2n) is 6.33. The molecule has 0 heterocycles. The average molecular weight is 326 g/mol. The van der Waals surface area contributed by atoms with Gasteiger partial charge in [0, 0.05) is 5.92 Å². The van der Waals surface area contributed by atoms with Crippen molar-refractivity contribution in [2.45, 2.75) is 45.4 Å². The summed E-state index contributed by atoms with van der Waals surface area (Å²) in [5.41, 5.74) is 2.73. The molecule has 0 spiro atoms. The van der Waals surface area contributed by atoms with Crippen LogP contribution in [0.15, 0.2) is 48.5 Å². The topological polar surface area (TPSA) is 18.5 Å². The molecule has 0 aromatic heterocycles. The standard InChI is InChI=1S/C22H30O2/c1-5-7-8-17(6-2)22(18-9-13-20(23-3)14-10-18)19-11-15-21(24-4)16-12-19/h9-17,22H,5-8H2,1-4H3. The van der Waals surface area contributed by atoms with E-state index in [4.69, 9.17) is 9.47 Å². The van der Waals surface area contributed by atoms with Crippen LogP contribution in [0.1, 0.15) is 56.6 Å². The maximum atomic E-state index is 5.32. The van der Waals surface area contributed by atoms with Crippen LogP contribution < -0.4 is 9.47 Å². The van der Waals surface area contributed by atoms with Crippen LogP contribution in [-0.4, -0.2) is 14.2 Å². The summed E-state index contributed by atoms with van der Waals surface area (Å²) in [6.07, 6.45) is 4.97. The minimum atomic E-state index is 0.415. The summed E-state index contributed by atoms with van der Waals surface area (Å²) >= 11 is 0. The second kappa shape index (κ2) is 9.36. The van der Waals surface area contributed by atoms with Gasteiger partial charge in [0.2, 0.25) is 0 Å². The fraction of sp³-hybridized carbons (Fsp3) is 0.455. The molecule has 1 unspecified atom stereocenters. The average Bonchev–Trinajstić information content (AvgIpc) is 2.65. The second-order valence-corrected chi connectivity index (χ2v) is 6.33. The summed E-state index contributed by atoms with van der Waals surface area (Å²) in [5.74, 6) is 2.88. The molecule has 0 saturated carbocycles. The van der Waals surface area contributed by atoms with Crippen LogP contribution in [0, 0.1) is 5.92 Å². The molecule has 2 nitrogen and oxygen atoms in total. The first-order valence-electron chi connectivity index (χ1n) is 9.01. The van der Waals surface area contributed by atoms with Crippen molar-refractivity contribution < 1.29 is 9.47 Å². The van der Waals surface area contributed by atoms with E-state index in [0.29, 0.717) is 11.8 Å². The highest BCUT2D eigenvalue weighted by Gasteiger charge is 2.23. The molecular formula is C22H30O2. The maximum Gasteiger partial charge on any atom is 0.118 e. The minimum Gasteiger partial charge on any atom is -0.497 e. The largest absolute Gasteiger partial charge is 0.497 e. The Morgan fingerprint density at radius 1 is 0.750 bits per heavy atom. The van der Waals surface area contributed by atoms with Crippen molar-refractivity contribution in [3.05, 3.63) is 59.7 Å². The summed E-state index contributed by atoms with van der Waals surface area (Å²) < 4.78 is 10.6. The highest BCUT2D eigenvalue weighted by atomic mass is 16.5. The number of methoxy groups -OCH3 is 2. The van der Waals surface area contributed by atoms with Crippen molar-refractivity contribution in [3.63, 3.8) is 0 Å². The Balaban J connectivity index is 2.37. The molecule has 24 heavy (non-hydrogen) atoms. The number of hydrogen-bond acceptors (Lipinski definition) is 2.